The largest absolute Gasteiger partial charge is 0.496 e. The molecule has 102 valence electrons. The first kappa shape index (κ1) is 13.7. The molecule has 2 aromatic carbocycles. The number of ether oxygens (including phenoxy) is 1. The summed E-state index contributed by atoms with van der Waals surface area (Å²) in [6, 6.07) is 16.0. The molecule has 1 atom stereocenters. The molecule has 0 fully saturated rings. The van der Waals surface area contributed by atoms with Gasteiger partial charge in [-0.2, -0.15) is 0 Å². The van der Waals surface area contributed by atoms with Gasteiger partial charge in [-0.1, -0.05) is 41.9 Å². The molecule has 0 aliphatic carbocycles. The molecule has 0 N–H and O–H groups in total. The SMILES string of the molecule is COc1ccc(C(Cl)c2ccc(Cl)s2)c2ccccc12. The van der Waals surface area contributed by atoms with E-state index in [9.17, 15) is 0 Å². The zero-order chi connectivity index (χ0) is 14.1. The third-order valence-electron chi connectivity index (χ3n) is 3.25. The van der Waals surface area contributed by atoms with E-state index < -0.39 is 0 Å². The van der Waals surface area contributed by atoms with Gasteiger partial charge in [-0.25, -0.2) is 0 Å². The molecule has 3 aromatic rings. The van der Waals surface area contributed by atoms with Crippen LogP contribution in [0, 0.1) is 0 Å². The summed E-state index contributed by atoms with van der Waals surface area (Å²) in [5, 5.41) is 1.97. The smallest absolute Gasteiger partial charge is 0.126 e. The molecule has 0 spiro atoms. The van der Waals surface area contributed by atoms with Crippen molar-refractivity contribution in [2.45, 2.75) is 5.38 Å². The molecule has 20 heavy (non-hydrogen) atoms. The molecule has 0 bridgehead atoms. The Morgan fingerprint density at radius 1 is 1.00 bits per heavy atom. The fraction of sp³-hybridized carbons (Fsp3) is 0.125. The highest BCUT2D eigenvalue weighted by Crippen LogP contribution is 2.40. The number of hydrogen-bond acceptors (Lipinski definition) is 2. The lowest BCUT2D eigenvalue weighted by molar-refractivity contribution is 0.419. The number of benzene rings is 2. The highest BCUT2D eigenvalue weighted by Gasteiger charge is 2.17. The maximum Gasteiger partial charge on any atom is 0.126 e. The summed E-state index contributed by atoms with van der Waals surface area (Å²) >= 11 is 14.1. The second-order valence-electron chi connectivity index (χ2n) is 4.41. The van der Waals surface area contributed by atoms with Crippen molar-refractivity contribution in [1.82, 2.24) is 0 Å². The number of fused-ring (bicyclic) bond motifs is 1. The first-order valence-corrected chi connectivity index (χ1v) is 7.78. The maximum atomic E-state index is 6.63. The van der Waals surface area contributed by atoms with Crippen molar-refractivity contribution in [2.24, 2.45) is 0 Å². The molecule has 3 rings (SSSR count). The fourth-order valence-corrected chi connectivity index (χ4v) is 3.77. The quantitative estimate of drug-likeness (QED) is 0.546. The molecule has 0 aliphatic rings. The molecule has 0 amide bonds. The van der Waals surface area contributed by atoms with Gasteiger partial charge in [0.2, 0.25) is 0 Å². The van der Waals surface area contributed by atoms with Gasteiger partial charge in [0.05, 0.1) is 16.8 Å². The number of halogens is 2. The molecule has 0 aliphatic heterocycles. The first-order valence-electron chi connectivity index (χ1n) is 6.15. The van der Waals surface area contributed by atoms with Crippen LogP contribution < -0.4 is 4.74 Å². The molecule has 0 radical (unpaired) electrons. The summed E-state index contributed by atoms with van der Waals surface area (Å²) in [4.78, 5) is 1.05. The topological polar surface area (TPSA) is 9.23 Å². The summed E-state index contributed by atoms with van der Waals surface area (Å²) in [6.45, 7) is 0. The summed E-state index contributed by atoms with van der Waals surface area (Å²) in [5.41, 5.74) is 1.07. The predicted molar refractivity (Wildman–Crippen MR) is 87.5 cm³/mol. The molecule has 1 unspecified atom stereocenters. The maximum absolute atomic E-state index is 6.63. The lowest BCUT2D eigenvalue weighted by Gasteiger charge is -2.14. The highest BCUT2D eigenvalue weighted by molar-refractivity contribution is 7.16. The van der Waals surface area contributed by atoms with Crippen molar-refractivity contribution in [3.63, 3.8) is 0 Å². The molecule has 1 nitrogen and oxygen atoms in total. The van der Waals surface area contributed by atoms with Gasteiger partial charge < -0.3 is 4.74 Å². The van der Waals surface area contributed by atoms with Gasteiger partial charge in [-0.15, -0.1) is 22.9 Å². The molecular formula is C16H12Cl2OS. The normalized spacial score (nSPS) is 12.6. The van der Waals surface area contributed by atoms with Gasteiger partial charge in [0.25, 0.3) is 0 Å². The lowest BCUT2D eigenvalue weighted by Crippen LogP contribution is -1.94. The summed E-state index contributed by atoms with van der Waals surface area (Å²) < 4.78 is 6.16. The molecule has 4 heteroatoms. The van der Waals surface area contributed by atoms with Gasteiger partial charge in [-0.3, -0.25) is 0 Å². The van der Waals surface area contributed by atoms with E-state index in [-0.39, 0.29) is 5.38 Å². The third-order valence-corrected chi connectivity index (χ3v) is 5.15. The van der Waals surface area contributed by atoms with Crippen LogP contribution in [0.4, 0.5) is 0 Å². The molecule has 1 aromatic heterocycles. The Labute approximate surface area is 131 Å². The van der Waals surface area contributed by atoms with Crippen LogP contribution in [0.15, 0.2) is 48.5 Å². The van der Waals surface area contributed by atoms with E-state index >= 15 is 0 Å². The Morgan fingerprint density at radius 3 is 2.40 bits per heavy atom. The molecule has 0 saturated carbocycles. The van der Waals surface area contributed by atoms with Crippen molar-refractivity contribution in [3.8, 4) is 5.75 Å². The Kier molecular flexibility index (Phi) is 3.88. The van der Waals surface area contributed by atoms with Gasteiger partial charge in [-0.05, 0) is 29.1 Å². The second-order valence-corrected chi connectivity index (χ2v) is 6.59. The third kappa shape index (κ3) is 2.39. The van der Waals surface area contributed by atoms with Crippen molar-refractivity contribution in [1.29, 1.82) is 0 Å². The minimum atomic E-state index is -0.205. The summed E-state index contributed by atoms with van der Waals surface area (Å²) in [7, 11) is 1.68. The van der Waals surface area contributed by atoms with Crippen LogP contribution in [0.2, 0.25) is 4.34 Å². The van der Waals surface area contributed by atoms with Gasteiger partial charge >= 0.3 is 0 Å². The Hall–Kier alpha value is -1.22. The van der Waals surface area contributed by atoms with Gasteiger partial charge in [0, 0.05) is 10.3 Å². The molecule has 0 saturated heterocycles. The molecule has 1 heterocycles. The first-order chi connectivity index (χ1) is 9.70. The van der Waals surface area contributed by atoms with Crippen molar-refractivity contribution in [2.75, 3.05) is 7.11 Å². The van der Waals surface area contributed by atoms with Crippen LogP contribution in [-0.2, 0) is 0 Å². The fourth-order valence-electron chi connectivity index (χ4n) is 2.31. The van der Waals surface area contributed by atoms with Crippen molar-refractivity contribution < 1.29 is 4.74 Å². The van der Waals surface area contributed by atoms with Crippen molar-refractivity contribution in [3.05, 3.63) is 63.3 Å². The van der Waals surface area contributed by atoms with Gasteiger partial charge in [0.1, 0.15) is 5.75 Å². The van der Waals surface area contributed by atoms with E-state index in [1.54, 1.807) is 7.11 Å². The van der Waals surface area contributed by atoms with Crippen LogP contribution in [-0.4, -0.2) is 7.11 Å². The molecular weight excluding hydrogens is 311 g/mol. The minimum Gasteiger partial charge on any atom is -0.496 e. The van der Waals surface area contributed by atoms with Crippen LogP contribution >= 0.6 is 34.5 Å². The van der Waals surface area contributed by atoms with E-state index in [0.717, 1.165) is 31.3 Å². The van der Waals surface area contributed by atoms with E-state index in [4.69, 9.17) is 27.9 Å². The van der Waals surface area contributed by atoms with Crippen LogP contribution in [0.5, 0.6) is 5.75 Å². The van der Waals surface area contributed by atoms with E-state index in [0.29, 0.717) is 0 Å². The number of hydrogen-bond donors (Lipinski definition) is 0. The number of thiophene rings is 1. The summed E-state index contributed by atoms with van der Waals surface area (Å²) in [5.74, 6) is 0.859. The number of methoxy groups -OCH3 is 1. The monoisotopic (exact) mass is 322 g/mol. The Balaban J connectivity index is 2.17. The zero-order valence-electron chi connectivity index (χ0n) is 10.8. The van der Waals surface area contributed by atoms with Crippen LogP contribution in [0.25, 0.3) is 10.8 Å². The average Bonchev–Trinajstić information content (AvgIpc) is 2.92. The van der Waals surface area contributed by atoms with Gasteiger partial charge in [0.15, 0.2) is 0 Å². The Bertz CT molecular complexity index is 751. The predicted octanol–water partition coefficient (Wildman–Crippen LogP) is 5.89. The van der Waals surface area contributed by atoms with Crippen LogP contribution in [0.1, 0.15) is 15.8 Å². The second kappa shape index (κ2) is 5.65. The Morgan fingerprint density at radius 2 is 1.75 bits per heavy atom. The number of rotatable bonds is 3. The lowest BCUT2D eigenvalue weighted by atomic mass is 10.0. The van der Waals surface area contributed by atoms with E-state index in [1.165, 1.54) is 11.3 Å². The zero-order valence-corrected chi connectivity index (χ0v) is 13.1. The average molecular weight is 323 g/mol. The minimum absolute atomic E-state index is 0.205. The number of alkyl halides is 1. The summed E-state index contributed by atoms with van der Waals surface area (Å²) in [6.07, 6.45) is 0. The van der Waals surface area contributed by atoms with Crippen LogP contribution in [0.3, 0.4) is 0 Å². The van der Waals surface area contributed by atoms with E-state index in [1.807, 2.05) is 42.5 Å². The van der Waals surface area contributed by atoms with E-state index in [2.05, 4.69) is 6.07 Å². The van der Waals surface area contributed by atoms with Crippen molar-refractivity contribution >= 4 is 45.3 Å². The highest BCUT2D eigenvalue weighted by atomic mass is 35.5. The standard InChI is InChI=1S/C16H12Cl2OS/c1-19-13-7-6-12(10-4-2-3-5-11(10)13)16(18)14-8-9-15(17)20-14/h2-9,16H,1H3.